The number of benzene rings is 2. The maximum atomic E-state index is 12.2. The van der Waals surface area contributed by atoms with E-state index >= 15 is 0 Å². The van der Waals surface area contributed by atoms with E-state index in [9.17, 15) is 9.59 Å². The van der Waals surface area contributed by atoms with Gasteiger partial charge in [-0.15, -0.1) is 0 Å². The van der Waals surface area contributed by atoms with Gasteiger partial charge in [0, 0.05) is 11.1 Å². The number of hydrogen-bond acceptors (Lipinski definition) is 3. The normalized spacial score (nSPS) is 10.5. The third kappa shape index (κ3) is 4.14. The van der Waals surface area contributed by atoms with Crippen LogP contribution in [-0.4, -0.2) is 18.9 Å². The van der Waals surface area contributed by atoms with Crippen molar-refractivity contribution in [3.8, 4) is 0 Å². The van der Waals surface area contributed by atoms with Gasteiger partial charge in [0.15, 0.2) is 5.78 Å². The van der Waals surface area contributed by atoms with Crippen molar-refractivity contribution in [1.29, 1.82) is 0 Å². The molecule has 0 radical (unpaired) electrons. The Balaban J connectivity index is 2.05. The summed E-state index contributed by atoms with van der Waals surface area (Å²) in [5.41, 5.74) is 2.25. The lowest BCUT2D eigenvalue weighted by Gasteiger charge is -2.01. The predicted octanol–water partition coefficient (Wildman–Crippen LogP) is 3.49. The van der Waals surface area contributed by atoms with E-state index in [4.69, 9.17) is 0 Å². The fourth-order valence-electron chi connectivity index (χ4n) is 1.88. The number of hydrogen-bond donors (Lipinski definition) is 0. The SMILES string of the molecule is COC(=O)CC=Cc1ccc(C(=O)c2ccccc2)cc1. The minimum Gasteiger partial charge on any atom is -0.469 e. The van der Waals surface area contributed by atoms with Gasteiger partial charge in [-0.3, -0.25) is 9.59 Å². The second-order valence-corrected chi connectivity index (χ2v) is 4.50. The van der Waals surface area contributed by atoms with E-state index in [1.807, 2.05) is 36.4 Å². The highest BCUT2D eigenvalue weighted by molar-refractivity contribution is 6.09. The third-order valence-electron chi connectivity index (χ3n) is 3.03. The Morgan fingerprint density at radius 2 is 1.57 bits per heavy atom. The van der Waals surface area contributed by atoms with E-state index < -0.39 is 0 Å². The largest absolute Gasteiger partial charge is 0.469 e. The molecule has 0 atom stereocenters. The number of carbonyl (C=O) groups excluding carboxylic acids is 2. The summed E-state index contributed by atoms with van der Waals surface area (Å²) in [5, 5.41) is 0. The van der Waals surface area contributed by atoms with Crippen LogP contribution in [0.3, 0.4) is 0 Å². The Morgan fingerprint density at radius 3 is 2.19 bits per heavy atom. The van der Waals surface area contributed by atoms with Crippen molar-refractivity contribution in [2.75, 3.05) is 7.11 Å². The van der Waals surface area contributed by atoms with Crippen LogP contribution in [-0.2, 0) is 9.53 Å². The van der Waals surface area contributed by atoms with Gasteiger partial charge in [-0.2, -0.15) is 0 Å². The molecule has 0 aliphatic rings. The van der Waals surface area contributed by atoms with E-state index in [1.165, 1.54) is 7.11 Å². The second kappa shape index (κ2) is 7.20. The summed E-state index contributed by atoms with van der Waals surface area (Å²) in [5.74, 6) is -0.275. The summed E-state index contributed by atoms with van der Waals surface area (Å²) in [7, 11) is 1.36. The van der Waals surface area contributed by atoms with Gasteiger partial charge in [-0.25, -0.2) is 0 Å². The van der Waals surface area contributed by atoms with Crippen molar-refractivity contribution in [2.45, 2.75) is 6.42 Å². The van der Waals surface area contributed by atoms with Gasteiger partial charge in [-0.05, 0) is 5.56 Å². The topological polar surface area (TPSA) is 43.4 Å². The monoisotopic (exact) mass is 280 g/mol. The summed E-state index contributed by atoms with van der Waals surface area (Å²) in [4.78, 5) is 23.2. The molecule has 106 valence electrons. The van der Waals surface area contributed by atoms with Crippen LogP contribution in [0.2, 0.25) is 0 Å². The maximum absolute atomic E-state index is 12.2. The molecule has 0 unspecified atom stereocenters. The molecule has 0 saturated carbocycles. The quantitative estimate of drug-likeness (QED) is 0.622. The summed E-state index contributed by atoms with van der Waals surface area (Å²) < 4.78 is 4.55. The first-order valence-electron chi connectivity index (χ1n) is 6.64. The first-order chi connectivity index (χ1) is 10.2. The molecular weight excluding hydrogens is 264 g/mol. The summed E-state index contributed by atoms with van der Waals surface area (Å²) >= 11 is 0. The molecule has 0 fully saturated rings. The highest BCUT2D eigenvalue weighted by Gasteiger charge is 2.07. The van der Waals surface area contributed by atoms with Crippen molar-refractivity contribution < 1.29 is 14.3 Å². The smallest absolute Gasteiger partial charge is 0.309 e. The van der Waals surface area contributed by atoms with Crippen LogP contribution in [0.4, 0.5) is 0 Å². The van der Waals surface area contributed by atoms with E-state index in [0.29, 0.717) is 11.1 Å². The minimum absolute atomic E-state index is 0.000639. The average Bonchev–Trinajstić information content (AvgIpc) is 2.55. The van der Waals surface area contributed by atoms with Crippen molar-refractivity contribution in [3.05, 3.63) is 77.4 Å². The van der Waals surface area contributed by atoms with Crippen LogP contribution in [0.1, 0.15) is 27.9 Å². The lowest BCUT2D eigenvalue weighted by Crippen LogP contribution is -2.00. The van der Waals surface area contributed by atoms with Crippen molar-refractivity contribution in [1.82, 2.24) is 0 Å². The Bertz CT molecular complexity index is 640. The molecule has 0 aliphatic heterocycles. The van der Waals surface area contributed by atoms with E-state index in [-0.39, 0.29) is 18.2 Å². The third-order valence-corrected chi connectivity index (χ3v) is 3.03. The lowest BCUT2D eigenvalue weighted by molar-refractivity contribution is -0.139. The van der Waals surface area contributed by atoms with Crippen molar-refractivity contribution in [2.24, 2.45) is 0 Å². The molecule has 2 aromatic rings. The van der Waals surface area contributed by atoms with E-state index in [1.54, 1.807) is 30.3 Å². The number of ketones is 1. The molecule has 0 bridgehead atoms. The predicted molar refractivity (Wildman–Crippen MR) is 82.0 cm³/mol. The zero-order valence-electron chi connectivity index (χ0n) is 11.8. The fourth-order valence-corrected chi connectivity index (χ4v) is 1.88. The first kappa shape index (κ1) is 14.7. The summed E-state index contributed by atoms with van der Waals surface area (Å²) in [6.45, 7) is 0. The van der Waals surface area contributed by atoms with Crippen molar-refractivity contribution >= 4 is 17.8 Å². The molecule has 0 saturated heterocycles. The van der Waals surface area contributed by atoms with Crippen LogP contribution in [0.25, 0.3) is 6.08 Å². The standard InChI is InChI=1S/C18H16O3/c1-21-17(19)9-5-6-14-10-12-16(13-11-14)18(20)15-7-3-2-4-8-15/h2-8,10-13H,9H2,1H3. The van der Waals surface area contributed by atoms with E-state index in [2.05, 4.69) is 4.74 Å². The number of rotatable bonds is 5. The molecular formula is C18H16O3. The van der Waals surface area contributed by atoms with Gasteiger partial charge >= 0.3 is 5.97 Å². The zero-order chi connectivity index (χ0) is 15.1. The molecule has 0 aromatic heterocycles. The zero-order valence-corrected chi connectivity index (χ0v) is 11.8. The minimum atomic E-state index is -0.276. The van der Waals surface area contributed by atoms with Gasteiger partial charge in [0.2, 0.25) is 0 Å². The molecule has 2 rings (SSSR count). The summed E-state index contributed by atoms with van der Waals surface area (Å²) in [6, 6.07) is 16.4. The van der Waals surface area contributed by atoms with Gasteiger partial charge < -0.3 is 4.74 Å². The lowest BCUT2D eigenvalue weighted by atomic mass is 10.0. The van der Waals surface area contributed by atoms with Crippen LogP contribution in [0.15, 0.2) is 60.7 Å². The molecule has 3 nitrogen and oxygen atoms in total. The van der Waals surface area contributed by atoms with Gasteiger partial charge in [0.25, 0.3) is 0 Å². The van der Waals surface area contributed by atoms with Crippen molar-refractivity contribution in [3.63, 3.8) is 0 Å². The Labute approximate surface area is 123 Å². The van der Waals surface area contributed by atoms with Crippen LogP contribution < -0.4 is 0 Å². The first-order valence-corrected chi connectivity index (χ1v) is 6.64. The maximum Gasteiger partial charge on any atom is 0.309 e. The number of esters is 1. The Morgan fingerprint density at radius 1 is 0.952 bits per heavy atom. The Kier molecular flexibility index (Phi) is 5.04. The average molecular weight is 280 g/mol. The highest BCUT2D eigenvalue weighted by atomic mass is 16.5. The fraction of sp³-hybridized carbons (Fsp3) is 0.111. The molecule has 0 amide bonds. The van der Waals surface area contributed by atoms with Gasteiger partial charge in [0.1, 0.15) is 0 Å². The molecule has 0 heterocycles. The molecule has 21 heavy (non-hydrogen) atoms. The summed E-state index contributed by atoms with van der Waals surface area (Å²) in [6.07, 6.45) is 3.80. The molecule has 2 aromatic carbocycles. The molecule has 0 N–H and O–H groups in total. The van der Waals surface area contributed by atoms with Gasteiger partial charge in [0.05, 0.1) is 13.5 Å². The number of methoxy groups -OCH3 is 1. The van der Waals surface area contributed by atoms with Crippen LogP contribution in [0, 0.1) is 0 Å². The van der Waals surface area contributed by atoms with Crippen LogP contribution in [0.5, 0.6) is 0 Å². The molecule has 0 spiro atoms. The number of carbonyl (C=O) groups is 2. The van der Waals surface area contributed by atoms with Crippen LogP contribution >= 0.6 is 0 Å². The molecule has 0 aliphatic carbocycles. The highest BCUT2D eigenvalue weighted by Crippen LogP contribution is 2.12. The second-order valence-electron chi connectivity index (χ2n) is 4.50. The molecule has 3 heteroatoms. The van der Waals surface area contributed by atoms with E-state index in [0.717, 1.165) is 5.56 Å². The Hall–Kier alpha value is -2.68. The number of ether oxygens (including phenoxy) is 1. The van der Waals surface area contributed by atoms with Gasteiger partial charge in [-0.1, -0.05) is 66.7 Å².